The molecule has 0 aliphatic heterocycles. The lowest BCUT2D eigenvalue weighted by molar-refractivity contribution is 0.571. The van der Waals surface area contributed by atoms with Gasteiger partial charge in [-0.2, -0.15) is 0 Å². The quantitative estimate of drug-likeness (QED) is 0.481. The van der Waals surface area contributed by atoms with Crippen LogP contribution in [0.4, 0.5) is 5.69 Å². The van der Waals surface area contributed by atoms with Gasteiger partial charge >= 0.3 is 0 Å². The molecule has 1 rings (SSSR count). The lowest BCUT2D eigenvalue weighted by Gasteiger charge is -2.06. The van der Waals surface area contributed by atoms with Crippen LogP contribution >= 0.6 is 11.3 Å². The molecule has 0 aromatic carbocycles. The SMILES string of the molecule is C=C(C)c1sc(C#CC(C)(C)C)cc1N=CN. The summed E-state index contributed by atoms with van der Waals surface area (Å²) < 4.78 is 0. The maximum atomic E-state index is 5.33. The van der Waals surface area contributed by atoms with Crippen LogP contribution in [0.1, 0.15) is 37.4 Å². The summed E-state index contributed by atoms with van der Waals surface area (Å²) in [6.07, 6.45) is 1.30. The van der Waals surface area contributed by atoms with Gasteiger partial charge in [-0.1, -0.05) is 18.4 Å². The van der Waals surface area contributed by atoms with E-state index >= 15 is 0 Å². The molecule has 17 heavy (non-hydrogen) atoms. The van der Waals surface area contributed by atoms with Crippen molar-refractivity contribution in [1.82, 2.24) is 0 Å². The molecular formula is C14H18N2S. The van der Waals surface area contributed by atoms with Crippen LogP contribution in [0.15, 0.2) is 17.6 Å². The zero-order valence-electron chi connectivity index (χ0n) is 10.8. The Kier molecular flexibility index (Phi) is 4.14. The van der Waals surface area contributed by atoms with Crippen molar-refractivity contribution in [1.29, 1.82) is 0 Å². The van der Waals surface area contributed by atoms with Gasteiger partial charge in [0.15, 0.2) is 0 Å². The zero-order chi connectivity index (χ0) is 13.1. The summed E-state index contributed by atoms with van der Waals surface area (Å²) in [5.41, 5.74) is 7.17. The predicted molar refractivity (Wildman–Crippen MR) is 77.7 cm³/mol. The summed E-state index contributed by atoms with van der Waals surface area (Å²) in [6, 6.07) is 1.96. The Morgan fingerprint density at radius 2 is 2.18 bits per heavy atom. The van der Waals surface area contributed by atoms with Crippen molar-refractivity contribution in [2.75, 3.05) is 0 Å². The van der Waals surface area contributed by atoms with E-state index in [1.54, 1.807) is 11.3 Å². The van der Waals surface area contributed by atoms with Gasteiger partial charge < -0.3 is 5.73 Å². The standard InChI is InChI=1S/C14H18N2S/c1-10(2)13-12(16-9-15)8-11(17-13)6-7-14(3,4)5/h8-9H,1H2,2-5H3,(H2,15,16). The van der Waals surface area contributed by atoms with E-state index in [0.29, 0.717) is 0 Å². The van der Waals surface area contributed by atoms with Crippen LogP contribution in [-0.4, -0.2) is 6.34 Å². The monoisotopic (exact) mass is 246 g/mol. The molecule has 2 N–H and O–H groups in total. The fourth-order valence-corrected chi connectivity index (χ4v) is 2.06. The third-order valence-corrected chi connectivity index (χ3v) is 3.08. The highest BCUT2D eigenvalue weighted by Gasteiger charge is 2.08. The van der Waals surface area contributed by atoms with Crippen molar-refractivity contribution in [2.24, 2.45) is 16.1 Å². The van der Waals surface area contributed by atoms with Crippen molar-refractivity contribution in [2.45, 2.75) is 27.7 Å². The minimum absolute atomic E-state index is 0.00464. The lowest BCUT2D eigenvalue weighted by atomic mass is 9.98. The Hall–Kier alpha value is -1.53. The molecular weight excluding hydrogens is 228 g/mol. The number of aliphatic imine (C=N–C) groups is 1. The highest BCUT2D eigenvalue weighted by atomic mass is 32.1. The largest absolute Gasteiger partial charge is 0.390 e. The summed E-state index contributed by atoms with van der Waals surface area (Å²) in [6.45, 7) is 12.2. The third-order valence-electron chi connectivity index (χ3n) is 1.87. The third kappa shape index (κ3) is 4.08. The topological polar surface area (TPSA) is 38.4 Å². The fraction of sp³-hybridized carbons (Fsp3) is 0.357. The van der Waals surface area contributed by atoms with Gasteiger partial charge in [0.25, 0.3) is 0 Å². The van der Waals surface area contributed by atoms with Gasteiger partial charge in [0.2, 0.25) is 0 Å². The summed E-state index contributed by atoms with van der Waals surface area (Å²) in [5.74, 6) is 6.38. The molecule has 90 valence electrons. The van der Waals surface area contributed by atoms with Crippen molar-refractivity contribution in [3.05, 3.63) is 22.4 Å². The van der Waals surface area contributed by atoms with Gasteiger partial charge in [0.1, 0.15) is 0 Å². The Morgan fingerprint density at radius 1 is 1.53 bits per heavy atom. The molecule has 0 saturated carbocycles. The van der Waals surface area contributed by atoms with Gasteiger partial charge in [-0.05, 0) is 39.3 Å². The molecule has 0 aliphatic carbocycles. The van der Waals surface area contributed by atoms with Gasteiger partial charge in [0.05, 0.1) is 21.8 Å². The molecule has 1 aromatic heterocycles. The smallest absolute Gasteiger partial charge is 0.0860 e. The van der Waals surface area contributed by atoms with Gasteiger partial charge in [-0.15, -0.1) is 11.3 Å². The predicted octanol–water partition coefficient (Wildman–Crippen LogP) is 3.80. The normalized spacial score (nSPS) is 11.3. The summed E-state index contributed by atoms with van der Waals surface area (Å²) >= 11 is 1.61. The van der Waals surface area contributed by atoms with Crippen LogP contribution in [0.2, 0.25) is 0 Å². The van der Waals surface area contributed by atoms with E-state index in [9.17, 15) is 0 Å². The Balaban J connectivity index is 3.16. The van der Waals surface area contributed by atoms with E-state index in [-0.39, 0.29) is 5.41 Å². The van der Waals surface area contributed by atoms with Gasteiger partial charge in [-0.3, -0.25) is 0 Å². The Morgan fingerprint density at radius 3 is 2.65 bits per heavy atom. The number of rotatable bonds is 2. The minimum atomic E-state index is 0.00464. The number of thiophene rings is 1. The van der Waals surface area contributed by atoms with Crippen LogP contribution in [0.25, 0.3) is 5.57 Å². The van der Waals surface area contributed by atoms with Crippen molar-refractivity contribution in [3.8, 4) is 11.8 Å². The molecule has 1 heterocycles. The van der Waals surface area contributed by atoms with E-state index in [1.165, 1.54) is 6.34 Å². The molecule has 0 spiro atoms. The fourth-order valence-electron chi connectivity index (χ4n) is 1.17. The number of hydrogen-bond donors (Lipinski definition) is 1. The van der Waals surface area contributed by atoms with Crippen LogP contribution in [-0.2, 0) is 0 Å². The maximum absolute atomic E-state index is 5.33. The van der Waals surface area contributed by atoms with Crippen LogP contribution in [0, 0.1) is 17.3 Å². The minimum Gasteiger partial charge on any atom is -0.390 e. The lowest BCUT2D eigenvalue weighted by Crippen LogP contribution is -1.98. The van der Waals surface area contributed by atoms with Crippen molar-refractivity contribution in [3.63, 3.8) is 0 Å². The molecule has 0 amide bonds. The molecule has 0 atom stereocenters. The Bertz CT molecular complexity index is 505. The molecule has 0 bridgehead atoms. The van der Waals surface area contributed by atoms with Crippen LogP contribution < -0.4 is 5.73 Å². The molecule has 3 heteroatoms. The Labute approximate surface area is 107 Å². The van der Waals surface area contributed by atoms with E-state index in [1.807, 2.05) is 13.0 Å². The second kappa shape index (κ2) is 5.20. The van der Waals surface area contributed by atoms with Crippen molar-refractivity contribution >= 4 is 28.9 Å². The molecule has 0 unspecified atom stereocenters. The van der Waals surface area contributed by atoms with Crippen LogP contribution in [0.3, 0.4) is 0 Å². The van der Waals surface area contributed by atoms with E-state index < -0.39 is 0 Å². The molecule has 1 aromatic rings. The number of hydrogen-bond acceptors (Lipinski definition) is 2. The van der Waals surface area contributed by atoms with Crippen molar-refractivity contribution < 1.29 is 0 Å². The summed E-state index contributed by atoms with van der Waals surface area (Å²) in [4.78, 5) is 6.17. The average Bonchev–Trinajstić information content (AvgIpc) is 2.58. The first-order valence-electron chi connectivity index (χ1n) is 5.40. The highest BCUT2D eigenvalue weighted by molar-refractivity contribution is 7.14. The first-order valence-corrected chi connectivity index (χ1v) is 6.22. The molecule has 0 aliphatic rings. The van der Waals surface area contributed by atoms with Gasteiger partial charge in [-0.25, -0.2) is 4.99 Å². The number of nitrogens with zero attached hydrogens (tertiary/aromatic N) is 1. The van der Waals surface area contributed by atoms with Gasteiger partial charge in [0, 0.05) is 5.41 Å². The summed E-state index contributed by atoms with van der Waals surface area (Å²) in [5, 5.41) is 0. The van der Waals surface area contributed by atoms with E-state index in [0.717, 1.165) is 21.0 Å². The molecule has 0 fully saturated rings. The van der Waals surface area contributed by atoms with E-state index in [4.69, 9.17) is 5.73 Å². The summed E-state index contributed by atoms with van der Waals surface area (Å²) in [7, 11) is 0. The average molecular weight is 246 g/mol. The molecule has 2 nitrogen and oxygen atoms in total. The first kappa shape index (κ1) is 13.5. The first-order chi connectivity index (χ1) is 7.83. The highest BCUT2D eigenvalue weighted by Crippen LogP contribution is 2.34. The molecule has 0 radical (unpaired) electrons. The maximum Gasteiger partial charge on any atom is 0.0860 e. The number of allylic oxidation sites excluding steroid dienone is 1. The van der Waals surface area contributed by atoms with E-state index in [2.05, 4.69) is 44.2 Å². The second-order valence-corrected chi connectivity index (χ2v) is 5.94. The van der Waals surface area contributed by atoms with Crippen LogP contribution in [0.5, 0.6) is 0 Å². The zero-order valence-corrected chi connectivity index (χ0v) is 11.6. The molecule has 0 saturated heterocycles. The second-order valence-electron chi connectivity index (χ2n) is 4.88. The number of nitrogens with two attached hydrogens (primary N) is 1.